The first-order valence-electron chi connectivity index (χ1n) is 7.18. The number of thioether (sulfide) groups is 1. The number of carboxylic acids is 1. The molecule has 21 heavy (non-hydrogen) atoms. The molecule has 0 saturated heterocycles. The van der Waals surface area contributed by atoms with Crippen molar-refractivity contribution in [3.63, 3.8) is 0 Å². The Morgan fingerprint density at radius 2 is 1.90 bits per heavy atom. The van der Waals surface area contributed by atoms with Crippen molar-refractivity contribution in [3.8, 4) is 0 Å². The van der Waals surface area contributed by atoms with Crippen molar-refractivity contribution in [1.29, 1.82) is 0 Å². The molecule has 0 aliphatic rings. The van der Waals surface area contributed by atoms with Crippen LogP contribution in [0, 0.1) is 0 Å². The lowest BCUT2D eigenvalue weighted by atomic mass is 10.1. The van der Waals surface area contributed by atoms with Crippen LogP contribution in [-0.2, 0) is 10.5 Å². The quantitative estimate of drug-likeness (QED) is 0.682. The molecule has 0 radical (unpaired) electrons. The third-order valence-electron chi connectivity index (χ3n) is 3.04. The fourth-order valence-electron chi connectivity index (χ4n) is 1.88. The van der Waals surface area contributed by atoms with Crippen LogP contribution in [0.3, 0.4) is 0 Å². The minimum absolute atomic E-state index is 0.475. The summed E-state index contributed by atoms with van der Waals surface area (Å²) in [4.78, 5) is 11.4. The molecule has 0 heterocycles. The Morgan fingerprint density at radius 1 is 1.24 bits per heavy atom. The second-order valence-corrected chi connectivity index (χ2v) is 6.52. The van der Waals surface area contributed by atoms with Gasteiger partial charge in [-0.3, -0.25) is 4.79 Å². The number of hydrogen-bond acceptors (Lipinski definition) is 2. The van der Waals surface area contributed by atoms with Crippen LogP contribution < -0.4 is 0 Å². The molecule has 114 valence electrons. The van der Waals surface area contributed by atoms with E-state index in [1.54, 1.807) is 0 Å². The Balaban J connectivity index is 2.56. The van der Waals surface area contributed by atoms with Gasteiger partial charge in [0.15, 0.2) is 0 Å². The third-order valence-corrected chi connectivity index (χ3v) is 4.24. The SMILES string of the molecule is CC(C)=CCC/C(C)=C/C(SCc1ccccc1)C(=O)O. The maximum Gasteiger partial charge on any atom is 0.320 e. The van der Waals surface area contributed by atoms with E-state index >= 15 is 0 Å². The van der Waals surface area contributed by atoms with Gasteiger partial charge in [-0.05, 0) is 39.2 Å². The van der Waals surface area contributed by atoms with Gasteiger partial charge in [-0.15, -0.1) is 11.8 Å². The fraction of sp³-hybridized carbons (Fsp3) is 0.389. The Morgan fingerprint density at radius 3 is 2.48 bits per heavy atom. The van der Waals surface area contributed by atoms with Gasteiger partial charge in [0.25, 0.3) is 0 Å². The summed E-state index contributed by atoms with van der Waals surface area (Å²) in [6.07, 6.45) is 5.96. The highest BCUT2D eigenvalue weighted by Crippen LogP contribution is 2.21. The van der Waals surface area contributed by atoms with Gasteiger partial charge in [0.05, 0.1) is 0 Å². The van der Waals surface area contributed by atoms with Crippen LogP contribution in [0.4, 0.5) is 0 Å². The second kappa shape index (κ2) is 9.46. The van der Waals surface area contributed by atoms with Crippen LogP contribution in [0.25, 0.3) is 0 Å². The topological polar surface area (TPSA) is 37.3 Å². The zero-order valence-electron chi connectivity index (χ0n) is 13.0. The first-order chi connectivity index (χ1) is 9.99. The van der Waals surface area contributed by atoms with E-state index in [2.05, 4.69) is 19.9 Å². The number of carboxylic acid groups (broad SMARTS) is 1. The van der Waals surface area contributed by atoms with Crippen molar-refractivity contribution in [1.82, 2.24) is 0 Å². The van der Waals surface area contributed by atoms with Crippen LogP contribution >= 0.6 is 11.8 Å². The van der Waals surface area contributed by atoms with Gasteiger partial charge >= 0.3 is 5.97 Å². The smallest absolute Gasteiger partial charge is 0.320 e. The van der Waals surface area contributed by atoms with Crippen LogP contribution in [-0.4, -0.2) is 16.3 Å². The number of benzene rings is 1. The fourth-order valence-corrected chi connectivity index (χ4v) is 2.92. The van der Waals surface area contributed by atoms with Crippen molar-refractivity contribution in [3.05, 3.63) is 59.2 Å². The Kier molecular flexibility index (Phi) is 7.91. The molecule has 0 fully saturated rings. The van der Waals surface area contributed by atoms with Crippen molar-refractivity contribution in [2.75, 3.05) is 0 Å². The van der Waals surface area contributed by atoms with Crippen molar-refractivity contribution in [2.45, 2.75) is 44.6 Å². The summed E-state index contributed by atoms with van der Waals surface area (Å²) in [6, 6.07) is 9.98. The van der Waals surface area contributed by atoms with Gasteiger partial charge in [0, 0.05) is 5.75 Å². The molecular weight excluding hydrogens is 280 g/mol. The van der Waals surface area contributed by atoms with E-state index < -0.39 is 11.2 Å². The minimum Gasteiger partial charge on any atom is -0.480 e. The molecular formula is C18H24O2S. The number of carbonyl (C=O) groups is 1. The van der Waals surface area contributed by atoms with E-state index in [9.17, 15) is 9.90 Å². The van der Waals surface area contributed by atoms with Crippen molar-refractivity contribution < 1.29 is 9.90 Å². The van der Waals surface area contributed by atoms with Crippen LogP contribution in [0.2, 0.25) is 0 Å². The lowest BCUT2D eigenvalue weighted by Crippen LogP contribution is -2.14. The molecule has 1 aromatic carbocycles. The summed E-state index contributed by atoms with van der Waals surface area (Å²) < 4.78 is 0. The third kappa shape index (κ3) is 7.76. The minimum atomic E-state index is -0.766. The molecule has 3 heteroatoms. The maximum atomic E-state index is 11.4. The monoisotopic (exact) mass is 304 g/mol. The Bertz CT molecular complexity index is 499. The van der Waals surface area contributed by atoms with Gasteiger partial charge < -0.3 is 5.11 Å². The molecule has 1 atom stereocenters. The van der Waals surface area contributed by atoms with E-state index in [0.717, 1.165) is 29.7 Å². The molecule has 0 aliphatic carbocycles. The number of aliphatic carboxylic acids is 1. The number of allylic oxidation sites excluding steroid dienone is 3. The highest BCUT2D eigenvalue weighted by molar-refractivity contribution is 8.00. The van der Waals surface area contributed by atoms with E-state index in [1.807, 2.05) is 43.3 Å². The summed E-state index contributed by atoms with van der Waals surface area (Å²) in [5, 5.41) is 8.86. The molecule has 0 bridgehead atoms. The van der Waals surface area contributed by atoms with E-state index in [-0.39, 0.29) is 0 Å². The molecule has 0 spiro atoms. The Hall–Kier alpha value is -1.48. The summed E-state index contributed by atoms with van der Waals surface area (Å²) >= 11 is 1.46. The highest BCUT2D eigenvalue weighted by atomic mass is 32.2. The largest absolute Gasteiger partial charge is 0.480 e. The number of rotatable bonds is 8. The summed E-state index contributed by atoms with van der Waals surface area (Å²) in [6.45, 7) is 6.17. The second-order valence-electron chi connectivity index (χ2n) is 5.39. The molecule has 0 aliphatic heterocycles. The molecule has 1 N–H and O–H groups in total. The molecule has 1 unspecified atom stereocenters. The molecule has 0 saturated carbocycles. The average Bonchev–Trinajstić information content (AvgIpc) is 2.43. The lowest BCUT2D eigenvalue weighted by Gasteiger charge is -2.09. The molecule has 2 nitrogen and oxygen atoms in total. The van der Waals surface area contributed by atoms with Crippen LogP contribution in [0.1, 0.15) is 39.2 Å². The summed E-state index contributed by atoms with van der Waals surface area (Å²) in [5.41, 5.74) is 3.60. The average molecular weight is 304 g/mol. The molecule has 0 aromatic heterocycles. The van der Waals surface area contributed by atoms with E-state index in [0.29, 0.717) is 0 Å². The van der Waals surface area contributed by atoms with Crippen molar-refractivity contribution >= 4 is 17.7 Å². The maximum absolute atomic E-state index is 11.4. The predicted molar refractivity (Wildman–Crippen MR) is 91.6 cm³/mol. The zero-order valence-corrected chi connectivity index (χ0v) is 13.8. The molecule has 1 rings (SSSR count). The van der Waals surface area contributed by atoms with Crippen LogP contribution in [0.5, 0.6) is 0 Å². The van der Waals surface area contributed by atoms with Crippen LogP contribution in [0.15, 0.2) is 53.6 Å². The standard InChI is InChI=1S/C18H24O2S/c1-14(2)8-7-9-15(3)12-17(18(19)20)21-13-16-10-5-4-6-11-16/h4-6,8,10-12,17H,7,9,13H2,1-3H3,(H,19,20)/b15-12+. The zero-order chi connectivity index (χ0) is 15.7. The summed E-state index contributed by atoms with van der Waals surface area (Å²) in [7, 11) is 0. The molecule has 0 amide bonds. The first-order valence-corrected chi connectivity index (χ1v) is 8.23. The van der Waals surface area contributed by atoms with Gasteiger partial charge in [-0.2, -0.15) is 0 Å². The van der Waals surface area contributed by atoms with Gasteiger partial charge in [-0.25, -0.2) is 0 Å². The normalized spacial score (nSPS) is 12.8. The first kappa shape index (κ1) is 17.6. The Labute approximate surface area is 132 Å². The lowest BCUT2D eigenvalue weighted by molar-refractivity contribution is -0.135. The number of hydrogen-bond donors (Lipinski definition) is 1. The highest BCUT2D eigenvalue weighted by Gasteiger charge is 2.15. The predicted octanol–water partition coefficient (Wildman–Crippen LogP) is 5.07. The van der Waals surface area contributed by atoms with Gasteiger partial charge in [0.2, 0.25) is 0 Å². The summed E-state index contributed by atoms with van der Waals surface area (Å²) in [5.74, 6) is -0.0484. The molecule has 1 aromatic rings. The van der Waals surface area contributed by atoms with Gasteiger partial charge in [-0.1, -0.05) is 53.6 Å². The van der Waals surface area contributed by atoms with E-state index in [4.69, 9.17) is 0 Å². The van der Waals surface area contributed by atoms with Gasteiger partial charge in [0.1, 0.15) is 5.25 Å². The van der Waals surface area contributed by atoms with Crippen molar-refractivity contribution in [2.24, 2.45) is 0 Å². The van der Waals surface area contributed by atoms with E-state index in [1.165, 1.54) is 17.3 Å².